The number of fused-ring (bicyclic) bond motifs is 1. The molecule has 6 nitrogen and oxygen atoms in total. The van der Waals surface area contributed by atoms with Crippen molar-refractivity contribution < 1.29 is 19.4 Å². The van der Waals surface area contributed by atoms with Gasteiger partial charge in [0, 0.05) is 6.54 Å². The Labute approximate surface area is 232 Å². The Morgan fingerprint density at radius 2 is 1.84 bits per heavy atom. The van der Waals surface area contributed by atoms with Gasteiger partial charge in [0.25, 0.3) is 5.91 Å². The number of rotatable bonds is 7. The lowest BCUT2D eigenvalue weighted by Crippen LogP contribution is -2.28. The predicted octanol–water partition coefficient (Wildman–Crippen LogP) is 7.50. The lowest BCUT2D eigenvalue weighted by molar-refractivity contribution is -0.122. The van der Waals surface area contributed by atoms with Crippen LogP contribution in [0.25, 0.3) is 16.8 Å². The summed E-state index contributed by atoms with van der Waals surface area (Å²) in [5.41, 5.74) is 2.55. The van der Waals surface area contributed by atoms with Crippen molar-refractivity contribution in [1.29, 1.82) is 0 Å². The van der Waals surface area contributed by atoms with Crippen LogP contribution >= 0.6 is 27.7 Å². The van der Waals surface area contributed by atoms with E-state index in [1.165, 1.54) is 34.7 Å². The normalized spacial score (nSPS) is 15.5. The van der Waals surface area contributed by atoms with Gasteiger partial charge in [-0.15, -0.1) is 0 Å². The van der Waals surface area contributed by atoms with Gasteiger partial charge in [-0.1, -0.05) is 48.5 Å². The molecule has 0 aliphatic carbocycles. The Hall–Kier alpha value is -3.88. The summed E-state index contributed by atoms with van der Waals surface area (Å²) in [5, 5.41) is 12.1. The first kappa shape index (κ1) is 25.8. The van der Waals surface area contributed by atoms with Gasteiger partial charge >= 0.3 is 5.97 Å². The largest absolute Gasteiger partial charge is 0.488 e. The van der Waals surface area contributed by atoms with Gasteiger partial charge in [-0.25, -0.2) is 9.79 Å². The number of nitrogens with zero attached hydrogens (tertiary/aromatic N) is 2. The van der Waals surface area contributed by atoms with Crippen LogP contribution in [0.3, 0.4) is 0 Å². The standard InChI is InChI=1S/C30H23BrN2O4S/c1-2-33-28(34)27(38-30(33)32-24-9-5-8-23(17-24)29(35)36)16-19-11-13-26(25(31)15-19)37-18-20-10-12-21-6-3-4-7-22(21)14-20/h3-17H,2,18H2,1H3,(H,35,36). The Balaban J connectivity index is 1.32. The van der Waals surface area contributed by atoms with Gasteiger partial charge in [-0.3, -0.25) is 9.69 Å². The van der Waals surface area contributed by atoms with E-state index >= 15 is 0 Å². The summed E-state index contributed by atoms with van der Waals surface area (Å²) in [4.78, 5) is 31.0. The number of carbonyl (C=O) groups is 2. The van der Waals surface area contributed by atoms with Crippen LogP contribution in [0, 0.1) is 0 Å². The fourth-order valence-corrected chi connectivity index (χ4v) is 5.63. The Bertz CT molecular complexity index is 1620. The number of benzene rings is 4. The summed E-state index contributed by atoms with van der Waals surface area (Å²) in [6.45, 7) is 2.77. The van der Waals surface area contributed by atoms with Gasteiger partial charge in [0.2, 0.25) is 0 Å². The molecule has 1 heterocycles. The highest BCUT2D eigenvalue weighted by atomic mass is 79.9. The van der Waals surface area contributed by atoms with Crippen LogP contribution in [0.1, 0.15) is 28.4 Å². The van der Waals surface area contributed by atoms with Crippen LogP contribution in [0.2, 0.25) is 0 Å². The number of aromatic carboxylic acids is 1. The highest BCUT2D eigenvalue weighted by Crippen LogP contribution is 2.35. The van der Waals surface area contributed by atoms with Gasteiger partial charge in [0.15, 0.2) is 5.17 Å². The van der Waals surface area contributed by atoms with Crippen molar-refractivity contribution in [3.63, 3.8) is 0 Å². The first-order chi connectivity index (χ1) is 18.4. The van der Waals surface area contributed by atoms with Crippen LogP contribution in [-0.4, -0.2) is 33.6 Å². The molecule has 1 N–H and O–H groups in total. The number of hydrogen-bond acceptors (Lipinski definition) is 5. The Morgan fingerprint density at radius 3 is 2.61 bits per heavy atom. The molecule has 0 radical (unpaired) electrons. The SMILES string of the molecule is CCN1C(=O)C(=Cc2ccc(OCc3ccc4ccccc4c3)c(Br)c2)SC1=Nc1cccc(C(=O)O)c1. The highest BCUT2D eigenvalue weighted by molar-refractivity contribution is 9.10. The van der Waals surface area contributed by atoms with E-state index in [0.717, 1.165) is 15.6 Å². The molecule has 1 saturated heterocycles. The summed E-state index contributed by atoms with van der Waals surface area (Å²) < 4.78 is 6.84. The maximum atomic E-state index is 13.0. The molecule has 0 bridgehead atoms. The zero-order chi connectivity index (χ0) is 26.6. The van der Waals surface area contributed by atoms with E-state index in [4.69, 9.17) is 4.74 Å². The van der Waals surface area contributed by atoms with Gasteiger partial charge in [0.1, 0.15) is 12.4 Å². The van der Waals surface area contributed by atoms with Crippen molar-refractivity contribution >= 4 is 67.3 Å². The van der Waals surface area contributed by atoms with E-state index < -0.39 is 5.97 Å². The highest BCUT2D eigenvalue weighted by Gasteiger charge is 2.32. The molecule has 4 aromatic carbocycles. The molecule has 38 heavy (non-hydrogen) atoms. The number of amides is 1. The van der Waals surface area contributed by atoms with Gasteiger partial charge in [-0.05, 0) is 99.0 Å². The molecule has 0 saturated carbocycles. The quantitative estimate of drug-likeness (QED) is 0.227. The number of thioether (sulfide) groups is 1. The average molecular weight is 587 g/mol. The molecule has 1 aliphatic rings. The summed E-state index contributed by atoms with van der Waals surface area (Å²) >= 11 is 4.86. The second-order valence-corrected chi connectivity index (χ2v) is 10.4. The lowest BCUT2D eigenvalue weighted by atomic mass is 10.1. The fourth-order valence-electron chi connectivity index (χ4n) is 4.05. The summed E-state index contributed by atoms with van der Waals surface area (Å²) in [7, 11) is 0. The molecular formula is C30H23BrN2O4S. The van der Waals surface area contributed by atoms with Crippen LogP contribution in [0.5, 0.6) is 5.75 Å². The second kappa shape index (κ2) is 11.2. The van der Waals surface area contributed by atoms with E-state index in [1.54, 1.807) is 17.0 Å². The monoisotopic (exact) mass is 586 g/mol. The maximum Gasteiger partial charge on any atom is 0.335 e. The summed E-state index contributed by atoms with van der Waals surface area (Å²) in [5.74, 6) is -0.453. The first-order valence-electron chi connectivity index (χ1n) is 11.9. The maximum absolute atomic E-state index is 13.0. The molecule has 5 rings (SSSR count). The minimum atomic E-state index is -1.02. The molecule has 0 aromatic heterocycles. The minimum Gasteiger partial charge on any atom is -0.488 e. The average Bonchev–Trinajstić information content (AvgIpc) is 3.21. The minimum absolute atomic E-state index is 0.140. The number of halogens is 1. The van der Waals surface area contributed by atoms with Crippen molar-refractivity contribution in [3.05, 3.63) is 111 Å². The summed E-state index contributed by atoms with van der Waals surface area (Å²) in [6, 6.07) is 26.6. The van der Waals surface area contributed by atoms with Crippen LogP contribution in [0.15, 0.2) is 99.3 Å². The van der Waals surface area contributed by atoms with Crippen LogP contribution < -0.4 is 4.74 Å². The number of carboxylic acids is 1. The third-order valence-corrected chi connectivity index (χ3v) is 7.61. The molecule has 0 spiro atoms. The second-order valence-electron chi connectivity index (χ2n) is 8.57. The Morgan fingerprint density at radius 1 is 1.03 bits per heavy atom. The van der Waals surface area contributed by atoms with Crippen molar-refractivity contribution in [1.82, 2.24) is 4.90 Å². The van der Waals surface area contributed by atoms with Crippen molar-refractivity contribution in [2.24, 2.45) is 4.99 Å². The van der Waals surface area contributed by atoms with Crippen LogP contribution in [0.4, 0.5) is 5.69 Å². The lowest BCUT2D eigenvalue weighted by Gasteiger charge is -2.12. The smallest absolute Gasteiger partial charge is 0.335 e. The van der Waals surface area contributed by atoms with Gasteiger partial charge in [-0.2, -0.15) is 0 Å². The number of amidine groups is 1. The molecule has 8 heteroatoms. The first-order valence-corrected chi connectivity index (χ1v) is 13.6. The third-order valence-electron chi connectivity index (χ3n) is 5.98. The molecule has 0 unspecified atom stereocenters. The number of ether oxygens (including phenoxy) is 1. The fraction of sp³-hybridized carbons (Fsp3) is 0.100. The predicted molar refractivity (Wildman–Crippen MR) is 156 cm³/mol. The van der Waals surface area contributed by atoms with E-state index in [1.807, 2.05) is 43.3 Å². The third kappa shape index (κ3) is 5.66. The Kier molecular flexibility index (Phi) is 7.62. The van der Waals surface area contributed by atoms with E-state index in [-0.39, 0.29) is 11.5 Å². The van der Waals surface area contributed by atoms with Crippen LogP contribution in [-0.2, 0) is 11.4 Å². The van der Waals surface area contributed by atoms with Crippen molar-refractivity contribution in [2.45, 2.75) is 13.5 Å². The molecule has 4 aromatic rings. The van der Waals surface area contributed by atoms with Gasteiger partial charge < -0.3 is 9.84 Å². The number of hydrogen-bond donors (Lipinski definition) is 1. The van der Waals surface area contributed by atoms with Crippen molar-refractivity contribution in [2.75, 3.05) is 6.54 Å². The van der Waals surface area contributed by atoms with Gasteiger partial charge in [0.05, 0.1) is 20.6 Å². The van der Waals surface area contributed by atoms with E-state index in [2.05, 4.69) is 51.3 Å². The number of likely N-dealkylation sites (N-methyl/N-ethyl adjacent to an activating group) is 1. The molecule has 1 amide bonds. The topological polar surface area (TPSA) is 79.2 Å². The zero-order valence-electron chi connectivity index (χ0n) is 20.4. The molecule has 1 aliphatic heterocycles. The molecule has 1 fully saturated rings. The van der Waals surface area contributed by atoms with E-state index in [0.29, 0.717) is 34.7 Å². The molecule has 190 valence electrons. The number of carbonyl (C=O) groups excluding carboxylic acids is 1. The molecular weight excluding hydrogens is 564 g/mol. The van der Waals surface area contributed by atoms with Crippen molar-refractivity contribution in [3.8, 4) is 5.75 Å². The molecule has 0 atom stereocenters. The number of aliphatic imine (C=N–C) groups is 1. The summed E-state index contributed by atoms with van der Waals surface area (Å²) in [6.07, 6.45) is 1.82. The number of carboxylic acid groups (broad SMARTS) is 1. The zero-order valence-corrected chi connectivity index (χ0v) is 22.8. The van der Waals surface area contributed by atoms with E-state index in [9.17, 15) is 14.7 Å².